The highest BCUT2D eigenvalue weighted by Gasteiger charge is 2.32. The summed E-state index contributed by atoms with van der Waals surface area (Å²) in [5, 5.41) is 4.32. The summed E-state index contributed by atoms with van der Waals surface area (Å²) in [6.07, 6.45) is 1.53. The summed E-state index contributed by atoms with van der Waals surface area (Å²) in [6.45, 7) is 3.21. The normalized spacial score (nSPS) is 18.5. The molecule has 0 spiro atoms. The molecule has 0 bridgehead atoms. The van der Waals surface area contributed by atoms with E-state index in [1.165, 1.54) is 0 Å². The lowest BCUT2D eigenvalue weighted by molar-refractivity contribution is 0.0590. The second-order valence-electron chi connectivity index (χ2n) is 4.75. The minimum atomic E-state index is -0.233. The highest BCUT2D eigenvalue weighted by Crippen LogP contribution is 2.35. The van der Waals surface area contributed by atoms with Crippen LogP contribution in [0.2, 0.25) is 0 Å². The number of aryl methyl sites for hydroxylation is 1. The molecule has 21 heavy (non-hydrogen) atoms. The van der Waals surface area contributed by atoms with Crippen LogP contribution >= 0.6 is 15.9 Å². The SMILES string of the molecule is CCn1ncc(Br)c1C(NN)C1COc2ccccc2O1. The number of hydrogen-bond donors (Lipinski definition) is 2. The van der Waals surface area contributed by atoms with Gasteiger partial charge >= 0.3 is 0 Å². The Labute approximate surface area is 131 Å². The van der Waals surface area contributed by atoms with Crippen molar-refractivity contribution in [2.24, 2.45) is 5.84 Å². The maximum Gasteiger partial charge on any atom is 0.161 e. The number of nitrogens with zero attached hydrogens (tertiary/aromatic N) is 2. The maximum absolute atomic E-state index is 6.03. The van der Waals surface area contributed by atoms with E-state index in [1.54, 1.807) is 6.20 Å². The van der Waals surface area contributed by atoms with Crippen molar-refractivity contribution in [2.45, 2.75) is 25.6 Å². The number of nitrogens with two attached hydrogens (primary N) is 1. The van der Waals surface area contributed by atoms with Crippen molar-refractivity contribution in [3.63, 3.8) is 0 Å². The third-order valence-electron chi connectivity index (χ3n) is 3.51. The molecule has 0 saturated heterocycles. The molecule has 6 nitrogen and oxygen atoms in total. The highest BCUT2D eigenvalue weighted by molar-refractivity contribution is 9.10. The Morgan fingerprint density at radius 3 is 2.95 bits per heavy atom. The summed E-state index contributed by atoms with van der Waals surface area (Å²) in [6, 6.07) is 7.39. The fourth-order valence-corrected chi connectivity index (χ4v) is 3.04. The molecular formula is C14H17BrN4O2. The second-order valence-corrected chi connectivity index (χ2v) is 5.61. The molecule has 0 saturated carbocycles. The largest absolute Gasteiger partial charge is 0.486 e. The summed E-state index contributed by atoms with van der Waals surface area (Å²) in [5.41, 5.74) is 3.78. The molecule has 2 aromatic rings. The van der Waals surface area contributed by atoms with Gasteiger partial charge in [0, 0.05) is 6.54 Å². The first-order valence-corrected chi connectivity index (χ1v) is 7.59. The molecule has 1 aliphatic rings. The number of ether oxygens (including phenoxy) is 2. The van der Waals surface area contributed by atoms with Gasteiger partial charge in [-0.2, -0.15) is 5.10 Å². The fraction of sp³-hybridized carbons (Fsp3) is 0.357. The van der Waals surface area contributed by atoms with Crippen LogP contribution in [-0.2, 0) is 6.54 Å². The molecule has 3 rings (SSSR count). The van der Waals surface area contributed by atoms with Crippen LogP contribution in [-0.4, -0.2) is 22.5 Å². The number of aromatic nitrogens is 2. The van der Waals surface area contributed by atoms with Gasteiger partial charge in [0.25, 0.3) is 0 Å². The van der Waals surface area contributed by atoms with Crippen LogP contribution in [0.5, 0.6) is 11.5 Å². The van der Waals surface area contributed by atoms with Crippen molar-refractivity contribution in [2.75, 3.05) is 6.61 Å². The molecule has 2 heterocycles. The van der Waals surface area contributed by atoms with Crippen molar-refractivity contribution in [3.05, 3.63) is 40.6 Å². The van der Waals surface area contributed by atoms with Gasteiger partial charge < -0.3 is 9.47 Å². The smallest absolute Gasteiger partial charge is 0.161 e. The minimum Gasteiger partial charge on any atom is -0.486 e. The molecule has 2 unspecified atom stereocenters. The quantitative estimate of drug-likeness (QED) is 0.650. The monoisotopic (exact) mass is 352 g/mol. The third kappa shape index (κ3) is 2.64. The van der Waals surface area contributed by atoms with Gasteiger partial charge in [-0.05, 0) is 35.0 Å². The van der Waals surface area contributed by atoms with Gasteiger partial charge in [-0.3, -0.25) is 10.5 Å². The Balaban J connectivity index is 1.90. The van der Waals surface area contributed by atoms with Gasteiger partial charge in [0.1, 0.15) is 12.6 Å². The zero-order valence-electron chi connectivity index (χ0n) is 11.6. The predicted octanol–water partition coefficient (Wildman–Crippen LogP) is 2.01. The van der Waals surface area contributed by atoms with Crippen LogP contribution in [0.15, 0.2) is 34.9 Å². The van der Waals surface area contributed by atoms with Gasteiger partial charge in [-0.1, -0.05) is 12.1 Å². The number of benzene rings is 1. The predicted molar refractivity (Wildman–Crippen MR) is 82.0 cm³/mol. The van der Waals surface area contributed by atoms with E-state index in [2.05, 4.69) is 26.5 Å². The topological polar surface area (TPSA) is 74.3 Å². The number of fused-ring (bicyclic) bond motifs is 1. The molecule has 0 fully saturated rings. The molecule has 2 atom stereocenters. The fourth-order valence-electron chi connectivity index (χ4n) is 2.50. The van der Waals surface area contributed by atoms with Crippen molar-refractivity contribution < 1.29 is 9.47 Å². The Bertz CT molecular complexity index is 631. The lowest BCUT2D eigenvalue weighted by Crippen LogP contribution is -2.45. The summed E-state index contributed by atoms with van der Waals surface area (Å²) in [7, 11) is 0. The molecule has 0 amide bonds. The van der Waals surface area contributed by atoms with Crippen molar-refractivity contribution in [3.8, 4) is 11.5 Å². The number of rotatable bonds is 4. The maximum atomic E-state index is 6.03. The van der Waals surface area contributed by atoms with E-state index in [4.69, 9.17) is 15.3 Å². The van der Waals surface area contributed by atoms with Crippen molar-refractivity contribution in [1.29, 1.82) is 0 Å². The lowest BCUT2D eigenvalue weighted by Gasteiger charge is -2.32. The summed E-state index contributed by atoms with van der Waals surface area (Å²) in [4.78, 5) is 0. The number of nitrogens with one attached hydrogen (secondary N) is 1. The molecule has 1 aromatic carbocycles. The Kier molecular flexibility index (Phi) is 4.14. The van der Waals surface area contributed by atoms with Crippen LogP contribution in [0.4, 0.5) is 0 Å². The van der Waals surface area contributed by atoms with Gasteiger partial charge in [-0.25, -0.2) is 5.43 Å². The molecular weight excluding hydrogens is 336 g/mol. The van der Waals surface area contributed by atoms with E-state index < -0.39 is 0 Å². The average molecular weight is 353 g/mol. The standard InChI is InChI=1S/C14H17BrN4O2/c1-2-19-14(9(15)7-17-19)13(18-16)12-8-20-10-5-3-4-6-11(10)21-12/h3-7,12-13,18H,2,8,16H2,1H3. The van der Waals surface area contributed by atoms with Crippen LogP contribution in [0.25, 0.3) is 0 Å². The molecule has 112 valence electrons. The molecule has 0 aliphatic carbocycles. The van der Waals surface area contributed by atoms with E-state index in [1.807, 2.05) is 35.9 Å². The third-order valence-corrected chi connectivity index (χ3v) is 4.12. The lowest BCUT2D eigenvalue weighted by atomic mass is 10.1. The summed E-state index contributed by atoms with van der Waals surface area (Å²) >= 11 is 3.52. The van der Waals surface area contributed by atoms with Crippen molar-refractivity contribution >= 4 is 15.9 Å². The van der Waals surface area contributed by atoms with Gasteiger partial charge in [-0.15, -0.1) is 0 Å². The average Bonchev–Trinajstić information content (AvgIpc) is 2.89. The van der Waals surface area contributed by atoms with E-state index in [0.29, 0.717) is 6.61 Å². The minimum absolute atomic E-state index is 0.227. The molecule has 1 aliphatic heterocycles. The molecule has 3 N–H and O–H groups in total. The zero-order chi connectivity index (χ0) is 14.8. The van der Waals surface area contributed by atoms with Gasteiger partial charge in [0.15, 0.2) is 17.6 Å². The van der Waals surface area contributed by atoms with Crippen LogP contribution < -0.4 is 20.7 Å². The number of para-hydroxylation sites is 2. The first kappa shape index (κ1) is 14.4. The molecule has 7 heteroatoms. The van der Waals surface area contributed by atoms with Crippen LogP contribution in [0.3, 0.4) is 0 Å². The van der Waals surface area contributed by atoms with Gasteiger partial charge in [0.05, 0.1) is 16.4 Å². The van der Waals surface area contributed by atoms with E-state index in [0.717, 1.165) is 28.2 Å². The number of hydrazine groups is 1. The molecule has 0 radical (unpaired) electrons. The van der Waals surface area contributed by atoms with Crippen LogP contribution in [0, 0.1) is 0 Å². The Morgan fingerprint density at radius 2 is 2.24 bits per heavy atom. The first-order valence-electron chi connectivity index (χ1n) is 6.80. The Hall–Kier alpha value is -1.57. The van der Waals surface area contributed by atoms with E-state index >= 15 is 0 Å². The zero-order valence-corrected chi connectivity index (χ0v) is 13.2. The number of hydrogen-bond acceptors (Lipinski definition) is 5. The Morgan fingerprint density at radius 1 is 1.48 bits per heavy atom. The first-order chi connectivity index (χ1) is 10.2. The molecule has 1 aromatic heterocycles. The van der Waals surface area contributed by atoms with E-state index in [-0.39, 0.29) is 12.1 Å². The van der Waals surface area contributed by atoms with E-state index in [9.17, 15) is 0 Å². The number of halogens is 1. The van der Waals surface area contributed by atoms with Crippen LogP contribution in [0.1, 0.15) is 18.7 Å². The second kappa shape index (κ2) is 6.05. The summed E-state index contributed by atoms with van der Waals surface area (Å²) in [5.74, 6) is 7.25. The van der Waals surface area contributed by atoms with Crippen molar-refractivity contribution in [1.82, 2.24) is 15.2 Å². The highest BCUT2D eigenvalue weighted by atomic mass is 79.9. The van der Waals surface area contributed by atoms with Gasteiger partial charge in [0.2, 0.25) is 0 Å². The summed E-state index contributed by atoms with van der Waals surface area (Å²) < 4.78 is 14.6.